The maximum atomic E-state index is 12.8. The lowest BCUT2D eigenvalue weighted by Crippen LogP contribution is -2.36. The van der Waals surface area contributed by atoms with Crippen molar-refractivity contribution < 1.29 is 31.1 Å². The Kier molecular flexibility index (Phi) is 3.90. The molecule has 2 nitrogen and oxygen atoms in total. The first-order chi connectivity index (χ1) is 9.62. The van der Waals surface area contributed by atoms with E-state index in [9.17, 15) is 31.1 Å². The average Bonchev–Trinajstić information content (AvgIpc) is 3.17. The number of carbonyl (C=O) groups is 1. The molecule has 1 aromatic rings. The molecular weight excluding hydrogens is 300 g/mol. The second-order valence-corrected chi connectivity index (χ2v) is 4.86. The molecule has 0 unspecified atom stereocenters. The number of rotatable bonds is 4. The Labute approximate surface area is 116 Å². The molecule has 1 aliphatic carbocycles. The van der Waals surface area contributed by atoms with E-state index in [1.54, 1.807) is 0 Å². The van der Waals surface area contributed by atoms with E-state index < -0.39 is 36.1 Å². The molecule has 1 fully saturated rings. The predicted molar refractivity (Wildman–Crippen MR) is 63.3 cm³/mol. The van der Waals surface area contributed by atoms with Crippen molar-refractivity contribution in [3.8, 4) is 0 Å². The van der Waals surface area contributed by atoms with Gasteiger partial charge in [0, 0.05) is 17.3 Å². The Morgan fingerprint density at radius 1 is 1.14 bits per heavy atom. The monoisotopic (exact) mass is 311 g/mol. The standard InChI is InChI=1S/C13H11F6NO/c14-12(15,16)7-20(9-3-4-9)10-2-1-8(6-21)11(5-10)13(17,18)19/h1-2,5-6,9H,3-4,7H2. The lowest BCUT2D eigenvalue weighted by atomic mass is 10.1. The minimum atomic E-state index is -4.79. The van der Waals surface area contributed by atoms with Crippen LogP contribution in [0.25, 0.3) is 0 Å². The molecule has 8 heteroatoms. The average molecular weight is 311 g/mol. The molecule has 1 aliphatic rings. The van der Waals surface area contributed by atoms with Crippen LogP contribution in [0.2, 0.25) is 0 Å². The maximum absolute atomic E-state index is 12.8. The molecule has 0 amide bonds. The fourth-order valence-electron chi connectivity index (χ4n) is 2.08. The van der Waals surface area contributed by atoms with Crippen LogP contribution in [-0.2, 0) is 6.18 Å². The molecule has 116 valence electrons. The van der Waals surface area contributed by atoms with Crippen LogP contribution < -0.4 is 4.90 Å². The van der Waals surface area contributed by atoms with Crippen molar-refractivity contribution in [1.82, 2.24) is 0 Å². The Hall–Kier alpha value is -1.73. The van der Waals surface area contributed by atoms with Gasteiger partial charge in [0.05, 0.1) is 5.56 Å². The van der Waals surface area contributed by atoms with Crippen molar-refractivity contribution in [2.75, 3.05) is 11.4 Å². The number of benzene rings is 1. The van der Waals surface area contributed by atoms with Gasteiger partial charge < -0.3 is 4.90 Å². The molecule has 21 heavy (non-hydrogen) atoms. The third-order valence-electron chi connectivity index (χ3n) is 3.14. The van der Waals surface area contributed by atoms with Crippen LogP contribution in [0, 0.1) is 0 Å². The molecule has 0 aromatic heterocycles. The molecular formula is C13H11F6NO. The molecule has 0 aliphatic heterocycles. The zero-order valence-electron chi connectivity index (χ0n) is 10.6. The van der Waals surface area contributed by atoms with Gasteiger partial charge in [0.2, 0.25) is 0 Å². The maximum Gasteiger partial charge on any atom is 0.417 e. The predicted octanol–water partition coefficient (Wildman–Crippen LogP) is 4.05. The van der Waals surface area contributed by atoms with E-state index in [0.29, 0.717) is 18.9 Å². The fourth-order valence-corrected chi connectivity index (χ4v) is 2.08. The number of anilines is 1. The number of hydrogen-bond donors (Lipinski definition) is 0. The number of alkyl halides is 6. The minimum Gasteiger partial charge on any atom is -0.360 e. The van der Waals surface area contributed by atoms with Crippen molar-refractivity contribution in [3.63, 3.8) is 0 Å². The molecule has 1 aromatic carbocycles. The molecule has 0 radical (unpaired) electrons. The highest BCUT2D eigenvalue weighted by atomic mass is 19.4. The number of aldehydes is 1. The topological polar surface area (TPSA) is 20.3 Å². The van der Waals surface area contributed by atoms with E-state index in [4.69, 9.17) is 0 Å². The first-order valence-corrected chi connectivity index (χ1v) is 6.11. The summed E-state index contributed by atoms with van der Waals surface area (Å²) in [6.45, 7) is -1.31. The first kappa shape index (κ1) is 15.7. The number of halogens is 6. The van der Waals surface area contributed by atoms with Crippen LogP contribution in [0.15, 0.2) is 18.2 Å². The zero-order chi connectivity index (χ0) is 15.8. The number of hydrogen-bond acceptors (Lipinski definition) is 2. The van der Waals surface area contributed by atoms with Gasteiger partial charge in [0.15, 0.2) is 6.29 Å². The van der Waals surface area contributed by atoms with E-state index in [1.807, 2.05) is 0 Å². The number of carbonyl (C=O) groups excluding carboxylic acids is 1. The summed E-state index contributed by atoms with van der Waals surface area (Å²) < 4.78 is 76.1. The van der Waals surface area contributed by atoms with Crippen molar-refractivity contribution >= 4 is 12.0 Å². The summed E-state index contributed by atoms with van der Waals surface area (Å²) in [6, 6.07) is 2.21. The van der Waals surface area contributed by atoms with Crippen LogP contribution in [0.5, 0.6) is 0 Å². The van der Waals surface area contributed by atoms with Crippen molar-refractivity contribution in [3.05, 3.63) is 29.3 Å². The SMILES string of the molecule is O=Cc1ccc(N(CC(F)(F)F)C2CC2)cc1C(F)(F)F. The molecule has 0 N–H and O–H groups in total. The summed E-state index contributed by atoms with van der Waals surface area (Å²) in [5, 5.41) is 0. The van der Waals surface area contributed by atoms with E-state index in [1.165, 1.54) is 0 Å². The Bertz CT molecular complexity index is 532. The molecule has 0 atom stereocenters. The van der Waals surface area contributed by atoms with Gasteiger partial charge in [-0.3, -0.25) is 4.79 Å². The van der Waals surface area contributed by atoms with Crippen LogP contribution in [0.4, 0.5) is 32.0 Å². The molecule has 0 bridgehead atoms. The van der Waals surface area contributed by atoms with E-state index in [2.05, 4.69) is 0 Å². The third kappa shape index (κ3) is 3.89. The van der Waals surface area contributed by atoms with Crippen molar-refractivity contribution in [2.45, 2.75) is 31.2 Å². The summed E-state index contributed by atoms with van der Waals surface area (Å²) in [7, 11) is 0. The van der Waals surface area contributed by atoms with Gasteiger partial charge in [-0.05, 0) is 31.0 Å². The fraction of sp³-hybridized carbons (Fsp3) is 0.462. The lowest BCUT2D eigenvalue weighted by Gasteiger charge is -2.27. The van der Waals surface area contributed by atoms with Crippen molar-refractivity contribution in [2.24, 2.45) is 0 Å². The lowest BCUT2D eigenvalue weighted by molar-refractivity contribution is -0.137. The molecule has 2 rings (SSSR count). The Morgan fingerprint density at radius 3 is 2.19 bits per heavy atom. The highest BCUT2D eigenvalue weighted by Crippen LogP contribution is 2.38. The van der Waals surface area contributed by atoms with Gasteiger partial charge >= 0.3 is 12.4 Å². The highest BCUT2D eigenvalue weighted by Gasteiger charge is 2.40. The van der Waals surface area contributed by atoms with Crippen LogP contribution in [0.1, 0.15) is 28.8 Å². The van der Waals surface area contributed by atoms with Crippen LogP contribution in [-0.4, -0.2) is 25.0 Å². The van der Waals surface area contributed by atoms with E-state index >= 15 is 0 Å². The van der Waals surface area contributed by atoms with Crippen LogP contribution in [0.3, 0.4) is 0 Å². The summed E-state index contributed by atoms with van der Waals surface area (Å²) >= 11 is 0. The molecule has 1 saturated carbocycles. The quantitative estimate of drug-likeness (QED) is 0.617. The van der Waals surface area contributed by atoms with Gasteiger partial charge in [0.1, 0.15) is 6.54 Å². The Morgan fingerprint density at radius 2 is 1.76 bits per heavy atom. The summed E-state index contributed by atoms with van der Waals surface area (Å²) in [5.41, 5.74) is -1.98. The van der Waals surface area contributed by atoms with Crippen molar-refractivity contribution in [1.29, 1.82) is 0 Å². The first-order valence-electron chi connectivity index (χ1n) is 6.11. The minimum absolute atomic E-state index is 0.0395. The zero-order valence-corrected chi connectivity index (χ0v) is 10.6. The van der Waals surface area contributed by atoms with Gasteiger partial charge in [-0.2, -0.15) is 26.3 Å². The van der Waals surface area contributed by atoms with Gasteiger partial charge in [-0.15, -0.1) is 0 Å². The largest absolute Gasteiger partial charge is 0.417 e. The smallest absolute Gasteiger partial charge is 0.360 e. The summed E-state index contributed by atoms with van der Waals surface area (Å²) in [5.74, 6) is 0. The number of nitrogens with zero attached hydrogens (tertiary/aromatic N) is 1. The Balaban J connectivity index is 2.40. The molecule has 0 saturated heterocycles. The van der Waals surface area contributed by atoms with E-state index in [0.717, 1.165) is 17.0 Å². The van der Waals surface area contributed by atoms with Gasteiger partial charge in [-0.1, -0.05) is 0 Å². The summed E-state index contributed by atoms with van der Waals surface area (Å²) in [4.78, 5) is 11.5. The van der Waals surface area contributed by atoms with Gasteiger partial charge in [-0.25, -0.2) is 0 Å². The second kappa shape index (κ2) is 5.23. The third-order valence-corrected chi connectivity index (χ3v) is 3.14. The second-order valence-electron chi connectivity index (χ2n) is 4.86. The van der Waals surface area contributed by atoms with E-state index in [-0.39, 0.29) is 12.0 Å². The highest BCUT2D eigenvalue weighted by molar-refractivity contribution is 5.79. The molecule has 0 spiro atoms. The van der Waals surface area contributed by atoms with Gasteiger partial charge in [0.25, 0.3) is 0 Å². The summed E-state index contributed by atoms with van der Waals surface area (Å²) in [6.07, 6.45) is -8.25. The van der Waals surface area contributed by atoms with Crippen LogP contribution >= 0.6 is 0 Å². The molecule has 0 heterocycles. The normalized spacial score (nSPS) is 15.9.